The van der Waals surface area contributed by atoms with Gasteiger partial charge in [-0.3, -0.25) is 4.79 Å². The molecule has 3 unspecified atom stereocenters. The van der Waals surface area contributed by atoms with Crippen LogP contribution < -0.4 is 10.1 Å². The van der Waals surface area contributed by atoms with E-state index in [0.29, 0.717) is 5.75 Å². The minimum atomic E-state index is -0.564. The number of nitrogens with one attached hydrogen (secondary N) is 1. The van der Waals surface area contributed by atoms with Crippen molar-refractivity contribution in [2.45, 2.75) is 57.8 Å². The van der Waals surface area contributed by atoms with Gasteiger partial charge in [-0.25, -0.2) is 0 Å². The van der Waals surface area contributed by atoms with Crippen molar-refractivity contribution < 1.29 is 14.6 Å². The minimum absolute atomic E-state index is 0.139. The second-order valence-electron chi connectivity index (χ2n) is 5.54. The van der Waals surface area contributed by atoms with Crippen LogP contribution in [0.5, 0.6) is 5.75 Å². The molecule has 1 aliphatic carbocycles. The molecule has 0 aliphatic heterocycles. The van der Waals surface area contributed by atoms with Gasteiger partial charge in [-0.1, -0.05) is 25.0 Å². The predicted octanol–water partition coefficient (Wildman–Crippen LogP) is 2.18. The zero-order valence-corrected chi connectivity index (χ0v) is 12.1. The number of benzene rings is 1. The lowest BCUT2D eigenvalue weighted by Crippen LogP contribution is -2.49. The molecule has 20 heavy (non-hydrogen) atoms. The van der Waals surface area contributed by atoms with Crippen LogP contribution in [0.1, 0.15) is 38.2 Å². The van der Waals surface area contributed by atoms with Crippen LogP contribution in [0.15, 0.2) is 24.3 Å². The second kappa shape index (κ2) is 6.75. The third-order valence-corrected chi connectivity index (χ3v) is 3.73. The predicted molar refractivity (Wildman–Crippen MR) is 77.7 cm³/mol. The SMILES string of the molecule is Cc1cccc(OC(C)C(=O)NC2CCCCC2O)c1. The molecule has 2 rings (SSSR count). The Kier molecular flexibility index (Phi) is 5.01. The van der Waals surface area contributed by atoms with Crippen molar-refractivity contribution >= 4 is 5.91 Å². The summed E-state index contributed by atoms with van der Waals surface area (Å²) in [5.74, 6) is 0.522. The molecule has 4 heteroatoms. The van der Waals surface area contributed by atoms with Gasteiger partial charge < -0.3 is 15.2 Å². The smallest absolute Gasteiger partial charge is 0.261 e. The van der Waals surface area contributed by atoms with Crippen LogP contribution in [0.4, 0.5) is 0 Å². The van der Waals surface area contributed by atoms with E-state index in [1.807, 2.05) is 31.2 Å². The van der Waals surface area contributed by atoms with Crippen LogP contribution in [0, 0.1) is 6.92 Å². The maximum atomic E-state index is 12.1. The van der Waals surface area contributed by atoms with Gasteiger partial charge >= 0.3 is 0 Å². The first-order valence-corrected chi connectivity index (χ1v) is 7.28. The number of rotatable bonds is 4. The Balaban J connectivity index is 1.88. The molecule has 0 bridgehead atoms. The number of hydrogen-bond acceptors (Lipinski definition) is 3. The Bertz CT molecular complexity index is 461. The minimum Gasteiger partial charge on any atom is -0.481 e. The Labute approximate surface area is 120 Å². The first kappa shape index (κ1) is 14.9. The molecule has 0 spiro atoms. The van der Waals surface area contributed by atoms with Crippen molar-refractivity contribution in [1.82, 2.24) is 5.32 Å². The van der Waals surface area contributed by atoms with E-state index in [2.05, 4.69) is 5.32 Å². The van der Waals surface area contributed by atoms with E-state index in [-0.39, 0.29) is 11.9 Å². The molecule has 1 saturated carbocycles. The average molecular weight is 277 g/mol. The summed E-state index contributed by atoms with van der Waals surface area (Å²) in [6, 6.07) is 7.49. The molecule has 0 heterocycles. The van der Waals surface area contributed by atoms with Crippen LogP contribution in [0.25, 0.3) is 0 Å². The van der Waals surface area contributed by atoms with E-state index in [1.165, 1.54) is 0 Å². The van der Waals surface area contributed by atoms with Gasteiger partial charge in [0.25, 0.3) is 5.91 Å². The number of aliphatic hydroxyl groups is 1. The molecule has 1 fully saturated rings. The number of carbonyl (C=O) groups is 1. The molecule has 1 amide bonds. The molecule has 3 atom stereocenters. The highest BCUT2D eigenvalue weighted by Gasteiger charge is 2.26. The van der Waals surface area contributed by atoms with Gasteiger partial charge in [0.2, 0.25) is 0 Å². The first-order chi connectivity index (χ1) is 9.56. The van der Waals surface area contributed by atoms with Crippen molar-refractivity contribution in [2.75, 3.05) is 0 Å². The topological polar surface area (TPSA) is 58.6 Å². The van der Waals surface area contributed by atoms with Crippen molar-refractivity contribution in [1.29, 1.82) is 0 Å². The van der Waals surface area contributed by atoms with E-state index in [9.17, 15) is 9.90 Å². The van der Waals surface area contributed by atoms with E-state index >= 15 is 0 Å². The molecule has 1 aromatic carbocycles. The molecular weight excluding hydrogens is 254 g/mol. The maximum Gasteiger partial charge on any atom is 0.261 e. The van der Waals surface area contributed by atoms with Gasteiger partial charge in [0.05, 0.1) is 12.1 Å². The van der Waals surface area contributed by atoms with Crippen LogP contribution in [-0.4, -0.2) is 29.3 Å². The van der Waals surface area contributed by atoms with Crippen LogP contribution in [0.3, 0.4) is 0 Å². The lowest BCUT2D eigenvalue weighted by Gasteiger charge is -2.29. The average Bonchev–Trinajstić information content (AvgIpc) is 2.41. The highest BCUT2D eigenvalue weighted by atomic mass is 16.5. The van der Waals surface area contributed by atoms with Crippen molar-refractivity contribution in [2.24, 2.45) is 0 Å². The normalized spacial score (nSPS) is 23.9. The summed E-state index contributed by atoms with van der Waals surface area (Å²) < 4.78 is 5.64. The Morgan fingerprint density at radius 2 is 2.15 bits per heavy atom. The summed E-state index contributed by atoms with van der Waals surface area (Å²) in [4.78, 5) is 12.1. The first-order valence-electron chi connectivity index (χ1n) is 7.28. The van der Waals surface area contributed by atoms with E-state index in [4.69, 9.17) is 4.74 Å². The zero-order chi connectivity index (χ0) is 14.5. The molecule has 1 aromatic rings. The van der Waals surface area contributed by atoms with Gasteiger partial charge in [-0.2, -0.15) is 0 Å². The zero-order valence-electron chi connectivity index (χ0n) is 12.1. The number of ether oxygens (including phenoxy) is 1. The Hall–Kier alpha value is -1.55. The lowest BCUT2D eigenvalue weighted by molar-refractivity contribution is -0.129. The number of aryl methyl sites for hydroxylation is 1. The highest BCUT2D eigenvalue weighted by Crippen LogP contribution is 2.19. The van der Waals surface area contributed by atoms with Crippen molar-refractivity contribution in [3.63, 3.8) is 0 Å². The number of carbonyl (C=O) groups excluding carboxylic acids is 1. The van der Waals surface area contributed by atoms with Gasteiger partial charge in [0, 0.05) is 0 Å². The van der Waals surface area contributed by atoms with Gasteiger partial charge in [-0.05, 0) is 44.4 Å². The van der Waals surface area contributed by atoms with Crippen LogP contribution >= 0.6 is 0 Å². The second-order valence-corrected chi connectivity index (χ2v) is 5.54. The Morgan fingerprint density at radius 1 is 1.40 bits per heavy atom. The number of amides is 1. The van der Waals surface area contributed by atoms with Crippen molar-refractivity contribution in [3.8, 4) is 5.75 Å². The van der Waals surface area contributed by atoms with Gasteiger partial charge in [-0.15, -0.1) is 0 Å². The largest absolute Gasteiger partial charge is 0.481 e. The summed E-state index contributed by atoms with van der Waals surface area (Å²) in [5, 5.41) is 12.8. The lowest BCUT2D eigenvalue weighted by atomic mass is 9.92. The third kappa shape index (κ3) is 3.97. The standard InChI is InChI=1S/C16H23NO3/c1-11-6-5-7-13(10-11)20-12(2)16(19)17-14-8-3-4-9-15(14)18/h5-7,10,12,14-15,18H,3-4,8-9H2,1-2H3,(H,17,19). The summed E-state index contributed by atoms with van der Waals surface area (Å²) in [5.41, 5.74) is 1.10. The van der Waals surface area contributed by atoms with Gasteiger partial charge in [0.1, 0.15) is 5.75 Å². The number of aliphatic hydroxyl groups excluding tert-OH is 1. The molecule has 0 saturated heterocycles. The molecule has 1 aliphatic rings. The molecule has 110 valence electrons. The maximum absolute atomic E-state index is 12.1. The summed E-state index contributed by atoms with van der Waals surface area (Å²) in [7, 11) is 0. The highest BCUT2D eigenvalue weighted by molar-refractivity contribution is 5.81. The van der Waals surface area contributed by atoms with Crippen LogP contribution in [0.2, 0.25) is 0 Å². The molecular formula is C16H23NO3. The van der Waals surface area contributed by atoms with Crippen LogP contribution in [-0.2, 0) is 4.79 Å². The fourth-order valence-electron chi connectivity index (χ4n) is 2.53. The summed E-state index contributed by atoms with van der Waals surface area (Å²) in [6.45, 7) is 3.71. The summed E-state index contributed by atoms with van der Waals surface area (Å²) >= 11 is 0. The molecule has 4 nitrogen and oxygen atoms in total. The van der Waals surface area contributed by atoms with Gasteiger partial charge in [0.15, 0.2) is 6.10 Å². The van der Waals surface area contributed by atoms with Crippen molar-refractivity contribution in [3.05, 3.63) is 29.8 Å². The monoisotopic (exact) mass is 277 g/mol. The van der Waals surface area contributed by atoms with E-state index in [0.717, 1.165) is 31.2 Å². The molecule has 0 radical (unpaired) electrons. The Morgan fingerprint density at radius 3 is 2.85 bits per heavy atom. The fourth-order valence-corrected chi connectivity index (χ4v) is 2.53. The molecule has 2 N–H and O–H groups in total. The molecule has 0 aromatic heterocycles. The third-order valence-electron chi connectivity index (χ3n) is 3.73. The number of hydrogen-bond donors (Lipinski definition) is 2. The summed E-state index contributed by atoms with van der Waals surface area (Å²) in [6.07, 6.45) is 2.69. The quantitative estimate of drug-likeness (QED) is 0.887. The van der Waals surface area contributed by atoms with E-state index < -0.39 is 12.2 Å². The van der Waals surface area contributed by atoms with E-state index in [1.54, 1.807) is 6.92 Å². The fraction of sp³-hybridized carbons (Fsp3) is 0.562.